The minimum Gasteiger partial charge on any atom is -0.477 e. The average molecular weight is 589 g/mol. The molecule has 0 aromatic carbocycles. The Kier molecular flexibility index (Phi) is 8.62. The summed E-state index contributed by atoms with van der Waals surface area (Å²) in [6, 6.07) is 2.21. The molecule has 2 aliphatic heterocycles. The summed E-state index contributed by atoms with van der Waals surface area (Å²) in [5.41, 5.74) is 0.821. The van der Waals surface area contributed by atoms with Crippen molar-refractivity contribution in [1.82, 2.24) is 4.90 Å². The van der Waals surface area contributed by atoms with Crippen LogP contribution in [0.4, 0.5) is 5.69 Å². The van der Waals surface area contributed by atoms with Gasteiger partial charge in [-0.05, 0) is 96.5 Å². The highest BCUT2D eigenvalue weighted by atomic mass is 32.1. The van der Waals surface area contributed by atoms with E-state index in [9.17, 15) is 19.3 Å². The van der Waals surface area contributed by atoms with Gasteiger partial charge in [0.15, 0.2) is 0 Å². The van der Waals surface area contributed by atoms with Gasteiger partial charge in [-0.15, -0.1) is 11.3 Å². The first-order valence-electron chi connectivity index (χ1n) is 15.0. The quantitative estimate of drug-likeness (QED) is 0.294. The van der Waals surface area contributed by atoms with Crippen LogP contribution in [0.2, 0.25) is 0 Å². The summed E-state index contributed by atoms with van der Waals surface area (Å²) >= 11 is 1.18. The SMILES string of the molecule is COP1(=O)CCC(N2CCC(N(C(=O)C3CCC4(CC3)CC4)c3cc(C#CC(C)(C)C)sc3C(=O)O)CC2)CC1. The molecule has 1 spiro atoms. The van der Waals surface area contributed by atoms with E-state index in [1.165, 1.54) is 24.2 Å². The molecule has 2 aliphatic carbocycles. The molecule has 1 aromatic rings. The molecule has 9 heteroatoms. The number of amides is 1. The third kappa shape index (κ3) is 6.70. The fourth-order valence-corrected chi connectivity index (χ4v) is 9.69. The largest absolute Gasteiger partial charge is 0.477 e. The predicted octanol–water partition coefficient (Wildman–Crippen LogP) is 6.70. The topological polar surface area (TPSA) is 87.2 Å². The van der Waals surface area contributed by atoms with Gasteiger partial charge in [0, 0.05) is 55.9 Å². The maximum atomic E-state index is 14.3. The highest BCUT2D eigenvalue weighted by molar-refractivity contribution is 7.59. The third-order valence-corrected chi connectivity index (χ3v) is 13.2. The van der Waals surface area contributed by atoms with Gasteiger partial charge in [-0.25, -0.2) is 4.79 Å². The molecule has 40 heavy (non-hydrogen) atoms. The van der Waals surface area contributed by atoms with Crippen molar-refractivity contribution in [3.8, 4) is 11.8 Å². The van der Waals surface area contributed by atoms with Gasteiger partial charge in [0.05, 0.1) is 10.6 Å². The Labute approximate surface area is 243 Å². The van der Waals surface area contributed by atoms with Crippen LogP contribution in [0.3, 0.4) is 0 Å². The van der Waals surface area contributed by atoms with E-state index in [2.05, 4.69) is 16.7 Å². The average Bonchev–Trinajstić information content (AvgIpc) is 3.54. The van der Waals surface area contributed by atoms with E-state index in [1.54, 1.807) is 7.11 Å². The van der Waals surface area contributed by atoms with Crippen LogP contribution in [0.25, 0.3) is 0 Å². The van der Waals surface area contributed by atoms with Gasteiger partial charge >= 0.3 is 5.97 Å². The van der Waals surface area contributed by atoms with Gasteiger partial charge in [0.2, 0.25) is 13.3 Å². The van der Waals surface area contributed by atoms with Crippen LogP contribution in [0.1, 0.15) is 99.5 Å². The maximum absolute atomic E-state index is 14.3. The summed E-state index contributed by atoms with van der Waals surface area (Å²) in [6.07, 6.45) is 11.3. The zero-order valence-electron chi connectivity index (χ0n) is 24.5. The minimum absolute atomic E-state index is 0.0367. The fraction of sp³-hybridized carbons (Fsp3) is 0.742. The summed E-state index contributed by atoms with van der Waals surface area (Å²) in [6.45, 7) is 7.81. The Morgan fingerprint density at radius 3 is 2.23 bits per heavy atom. The Morgan fingerprint density at radius 2 is 1.70 bits per heavy atom. The molecule has 2 saturated heterocycles. The molecule has 1 aromatic heterocycles. The van der Waals surface area contributed by atoms with Crippen LogP contribution in [-0.2, 0) is 13.9 Å². The van der Waals surface area contributed by atoms with Crippen LogP contribution >= 0.6 is 18.7 Å². The molecule has 220 valence electrons. The number of rotatable bonds is 6. The first kappa shape index (κ1) is 29.8. The number of carbonyl (C=O) groups excluding carboxylic acids is 1. The second-order valence-electron chi connectivity index (χ2n) is 13.6. The molecule has 0 bridgehead atoms. The number of nitrogens with zero attached hydrogens (tertiary/aromatic N) is 2. The van der Waals surface area contributed by atoms with Gasteiger partial charge in [-0.3, -0.25) is 9.36 Å². The van der Waals surface area contributed by atoms with Crippen molar-refractivity contribution >= 4 is 36.3 Å². The van der Waals surface area contributed by atoms with Crippen molar-refractivity contribution in [1.29, 1.82) is 0 Å². The van der Waals surface area contributed by atoms with Crippen LogP contribution in [0.5, 0.6) is 0 Å². The number of carboxylic acid groups (broad SMARTS) is 1. The summed E-state index contributed by atoms with van der Waals surface area (Å²) in [7, 11) is -0.898. The Bertz CT molecular complexity index is 1210. The third-order valence-electron chi connectivity index (χ3n) is 9.64. The van der Waals surface area contributed by atoms with Gasteiger partial charge in [0.1, 0.15) is 4.88 Å². The molecule has 1 amide bonds. The van der Waals surface area contributed by atoms with Crippen molar-refractivity contribution in [3.63, 3.8) is 0 Å². The number of anilines is 1. The van der Waals surface area contributed by atoms with Crippen LogP contribution in [-0.4, -0.2) is 66.5 Å². The molecular weight excluding hydrogens is 543 g/mol. The number of likely N-dealkylation sites (tertiary alicyclic amines) is 1. The van der Waals surface area contributed by atoms with Crippen molar-refractivity contribution in [2.75, 3.05) is 37.4 Å². The molecule has 0 atom stereocenters. The summed E-state index contributed by atoms with van der Waals surface area (Å²) < 4.78 is 18.0. The summed E-state index contributed by atoms with van der Waals surface area (Å²) in [4.78, 5) is 32.0. The molecular formula is C31H45N2O5PS. The molecule has 0 unspecified atom stereocenters. The summed E-state index contributed by atoms with van der Waals surface area (Å²) in [5, 5.41) is 10.2. The second kappa shape index (κ2) is 11.6. The standard InChI is InChI=1S/C31H45N2O5PS/c1-30(2,3)12-7-25-21-26(27(40-25)29(35)36)33(28(34)22-5-13-31(14-6-22)15-16-31)24-8-17-32(18-9-24)23-10-19-39(37,38-4)20-11-23/h21-24H,5-6,8-11,13-20H2,1-4H3,(H,35,36). The second-order valence-corrected chi connectivity index (χ2v) is 17.5. The number of hydrogen-bond donors (Lipinski definition) is 1. The predicted molar refractivity (Wildman–Crippen MR) is 161 cm³/mol. The van der Waals surface area contributed by atoms with Crippen molar-refractivity contribution in [2.45, 2.75) is 97.1 Å². The van der Waals surface area contributed by atoms with Gasteiger partial charge in [-0.2, -0.15) is 0 Å². The number of piperidine rings is 1. The van der Waals surface area contributed by atoms with Crippen molar-refractivity contribution in [3.05, 3.63) is 15.8 Å². The number of carboxylic acids is 1. The zero-order valence-corrected chi connectivity index (χ0v) is 26.2. The van der Waals surface area contributed by atoms with E-state index in [1.807, 2.05) is 31.7 Å². The first-order chi connectivity index (χ1) is 18.9. The number of carbonyl (C=O) groups is 2. The molecule has 1 N–H and O–H groups in total. The van der Waals surface area contributed by atoms with E-state index in [4.69, 9.17) is 4.52 Å². The lowest BCUT2D eigenvalue weighted by molar-refractivity contribution is -0.124. The van der Waals surface area contributed by atoms with Crippen LogP contribution in [0.15, 0.2) is 6.07 Å². The van der Waals surface area contributed by atoms with E-state index in [0.29, 0.717) is 34.3 Å². The normalized spacial score (nSPS) is 27.6. The van der Waals surface area contributed by atoms with Gasteiger partial charge < -0.3 is 19.4 Å². The van der Waals surface area contributed by atoms with Gasteiger partial charge in [-0.1, -0.05) is 11.8 Å². The number of aromatic carboxylic acids is 1. The Balaban J connectivity index is 1.37. The molecule has 4 aliphatic rings. The van der Waals surface area contributed by atoms with E-state index in [0.717, 1.165) is 64.5 Å². The Hall–Kier alpha value is -1.65. The number of hydrogen-bond acceptors (Lipinski definition) is 6. The zero-order chi connectivity index (χ0) is 28.7. The van der Waals surface area contributed by atoms with Crippen molar-refractivity contribution < 1.29 is 23.8 Å². The van der Waals surface area contributed by atoms with E-state index >= 15 is 0 Å². The molecule has 7 nitrogen and oxygen atoms in total. The highest BCUT2D eigenvalue weighted by Gasteiger charge is 2.47. The first-order valence-corrected chi connectivity index (χ1v) is 17.8. The van der Waals surface area contributed by atoms with Crippen molar-refractivity contribution in [2.24, 2.45) is 16.7 Å². The van der Waals surface area contributed by atoms with E-state index in [-0.39, 0.29) is 28.2 Å². The Morgan fingerprint density at radius 1 is 1.07 bits per heavy atom. The molecule has 5 rings (SSSR count). The van der Waals surface area contributed by atoms with Crippen LogP contribution < -0.4 is 4.90 Å². The lowest BCUT2D eigenvalue weighted by atomic mass is 9.79. The monoisotopic (exact) mass is 588 g/mol. The highest BCUT2D eigenvalue weighted by Crippen LogP contribution is 2.57. The van der Waals surface area contributed by atoms with E-state index < -0.39 is 13.3 Å². The van der Waals surface area contributed by atoms with Gasteiger partial charge in [0.25, 0.3) is 0 Å². The molecule has 2 saturated carbocycles. The van der Waals surface area contributed by atoms with Crippen LogP contribution in [0, 0.1) is 28.6 Å². The fourth-order valence-electron chi connectivity index (χ4n) is 6.87. The lowest BCUT2D eigenvalue weighted by Gasteiger charge is -2.44. The molecule has 3 heterocycles. The summed E-state index contributed by atoms with van der Waals surface area (Å²) in [5.74, 6) is 5.47. The lowest BCUT2D eigenvalue weighted by Crippen LogP contribution is -2.52. The molecule has 0 radical (unpaired) electrons. The smallest absolute Gasteiger partial charge is 0.348 e. The molecule has 4 fully saturated rings. The number of thiophene rings is 1. The minimum atomic E-state index is -2.46. The maximum Gasteiger partial charge on any atom is 0.348 e.